The molecule has 0 bridgehead atoms. The number of ether oxygens (including phenoxy) is 2. The topological polar surface area (TPSA) is 55.7 Å². The Hall–Kier alpha value is -3.60. The third-order valence-corrected chi connectivity index (χ3v) is 4.60. The molecule has 0 fully saturated rings. The number of aromatic nitrogens is 1. The molecule has 1 aliphatic rings. The summed E-state index contributed by atoms with van der Waals surface area (Å²) < 4.78 is 10.9. The molecule has 0 saturated carbocycles. The van der Waals surface area contributed by atoms with Gasteiger partial charge in [-0.1, -0.05) is 36.4 Å². The Morgan fingerprint density at radius 1 is 0.963 bits per heavy atom. The molecule has 0 amide bonds. The van der Waals surface area contributed by atoms with Gasteiger partial charge >= 0.3 is 0 Å². The van der Waals surface area contributed by atoms with E-state index < -0.39 is 0 Å². The van der Waals surface area contributed by atoms with Crippen molar-refractivity contribution in [3.05, 3.63) is 71.9 Å². The maximum absolute atomic E-state index is 5.49. The van der Waals surface area contributed by atoms with E-state index in [1.165, 1.54) is 10.8 Å². The Bertz CT molecular complexity index is 1200. The van der Waals surface area contributed by atoms with Crippen molar-refractivity contribution in [1.29, 1.82) is 0 Å². The highest BCUT2D eigenvalue weighted by molar-refractivity contribution is 5.95. The van der Waals surface area contributed by atoms with E-state index in [2.05, 4.69) is 45.8 Å². The van der Waals surface area contributed by atoms with Crippen molar-refractivity contribution < 1.29 is 9.47 Å². The molecule has 1 N–H and O–H groups in total. The summed E-state index contributed by atoms with van der Waals surface area (Å²) in [7, 11) is 0. The number of nitrogens with zero attached hydrogens (tertiary/aromatic N) is 2. The molecule has 0 unspecified atom stereocenters. The second-order valence-corrected chi connectivity index (χ2v) is 6.51. The molecule has 5 nitrogen and oxygen atoms in total. The second-order valence-electron chi connectivity index (χ2n) is 6.51. The predicted molar refractivity (Wildman–Crippen MR) is 108 cm³/mol. The first-order chi connectivity index (χ1) is 13.3. The van der Waals surface area contributed by atoms with Crippen LogP contribution < -0.4 is 14.9 Å². The number of rotatable bonds is 3. The normalized spacial score (nSPS) is 12.9. The summed E-state index contributed by atoms with van der Waals surface area (Å²) in [5.74, 6) is 1.46. The first kappa shape index (κ1) is 15.6. The summed E-state index contributed by atoms with van der Waals surface area (Å²) in [6, 6.07) is 20.4. The average Bonchev–Trinajstić information content (AvgIpc) is 3.13. The summed E-state index contributed by atoms with van der Waals surface area (Å²) in [5.41, 5.74) is 6.82. The van der Waals surface area contributed by atoms with Crippen molar-refractivity contribution in [3.63, 3.8) is 0 Å². The van der Waals surface area contributed by atoms with Gasteiger partial charge in [0.1, 0.15) is 0 Å². The van der Waals surface area contributed by atoms with Gasteiger partial charge in [0.15, 0.2) is 11.5 Å². The number of aryl methyl sites for hydroxylation is 1. The lowest BCUT2D eigenvalue weighted by atomic mass is 10.1. The monoisotopic (exact) mass is 355 g/mol. The highest BCUT2D eigenvalue weighted by Crippen LogP contribution is 2.38. The van der Waals surface area contributed by atoms with Gasteiger partial charge in [0.25, 0.3) is 0 Å². The fourth-order valence-corrected chi connectivity index (χ4v) is 3.31. The smallest absolute Gasteiger partial charge is 0.231 e. The maximum atomic E-state index is 5.49. The van der Waals surface area contributed by atoms with Gasteiger partial charge in [-0.25, -0.2) is 0 Å². The molecule has 0 spiro atoms. The van der Waals surface area contributed by atoms with Crippen LogP contribution in [0.3, 0.4) is 0 Å². The minimum atomic E-state index is 0.244. The van der Waals surface area contributed by atoms with Gasteiger partial charge in [0, 0.05) is 17.1 Å². The highest BCUT2D eigenvalue weighted by Gasteiger charge is 2.16. The molecule has 1 aliphatic heterocycles. The largest absolute Gasteiger partial charge is 0.454 e. The van der Waals surface area contributed by atoms with Crippen LogP contribution in [0.15, 0.2) is 65.8 Å². The van der Waals surface area contributed by atoms with Crippen molar-refractivity contribution in [3.8, 4) is 11.5 Å². The van der Waals surface area contributed by atoms with Crippen LogP contribution in [0.2, 0.25) is 0 Å². The van der Waals surface area contributed by atoms with E-state index in [4.69, 9.17) is 9.47 Å². The van der Waals surface area contributed by atoms with Crippen molar-refractivity contribution in [2.45, 2.75) is 6.92 Å². The van der Waals surface area contributed by atoms with Crippen LogP contribution in [-0.4, -0.2) is 18.0 Å². The molecule has 3 aromatic carbocycles. The van der Waals surface area contributed by atoms with Gasteiger partial charge in [-0.05, 0) is 41.5 Å². The molecular formula is C22H17N3O2. The van der Waals surface area contributed by atoms with Crippen molar-refractivity contribution in [1.82, 2.24) is 4.98 Å². The van der Waals surface area contributed by atoms with Gasteiger partial charge in [0.05, 0.1) is 17.4 Å². The number of hydrogen-bond donors (Lipinski definition) is 1. The molecule has 27 heavy (non-hydrogen) atoms. The van der Waals surface area contributed by atoms with Crippen LogP contribution in [0.1, 0.15) is 11.3 Å². The van der Waals surface area contributed by atoms with Gasteiger partial charge in [-0.3, -0.25) is 10.4 Å². The van der Waals surface area contributed by atoms with Gasteiger partial charge in [0.2, 0.25) is 6.79 Å². The third-order valence-electron chi connectivity index (χ3n) is 4.60. The molecule has 0 saturated heterocycles. The zero-order chi connectivity index (χ0) is 18.2. The molecule has 0 radical (unpaired) electrons. The highest BCUT2D eigenvalue weighted by atomic mass is 16.7. The van der Waals surface area contributed by atoms with E-state index in [1.54, 1.807) is 0 Å². The average molecular weight is 355 g/mol. The third kappa shape index (κ3) is 2.93. The van der Waals surface area contributed by atoms with E-state index in [0.717, 1.165) is 39.3 Å². The lowest BCUT2D eigenvalue weighted by molar-refractivity contribution is 0.174. The standard InChI is InChI=1S/C22H17N3O2/c1-14-8-20(18-10-21-22(27-13-26-21)11-19(18)24-14)25-23-12-15-6-7-16-4-2-3-5-17(16)9-15/h2-12H,13H2,1H3,(H,24,25)/b23-12+. The van der Waals surface area contributed by atoms with E-state index in [0.29, 0.717) is 0 Å². The van der Waals surface area contributed by atoms with Crippen LogP contribution in [0, 0.1) is 6.92 Å². The van der Waals surface area contributed by atoms with E-state index in [9.17, 15) is 0 Å². The number of fused-ring (bicyclic) bond motifs is 3. The summed E-state index contributed by atoms with van der Waals surface area (Å²) in [5, 5.41) is 7.78. The molecule has 0 atom stereocenters. The zero-order valence-corrected chi connectivity index (χ0v) is 14.8. The van der Waals surface area contributed by atoms with Gasteiger partial charge < -0.3 is 9.47 Å². The zero-order valence-electron chi connectivity index (χ0n) is 14.8. The first-order valence-corrected chi connectivity index (χ1v) is 8.75. The fourth-order valence-electron chi connectivity index (χ4n) is 3.31. The van der Waals surface area contributed by atoms with Crippen LogP contribution in [0.25, 0.3) is 21.7 Å². The minimum Gasteiger partial charge on any atom is -0.454 e. The molecule has 5 rings (SSSR count). The van der Waals surface area contributed by atoms with E-state index in [1.807, 2.05) is 43.5 Å². The number of nitrogens with one attached hydrogen (secondary N) is 1. The Kier molecular flexibility index (Phi) is 3.64. The van der Waals surface area contributed by atoms with E-state index >= 15 is 0 Å². The molecule has 4 aromatic rings. The van der Waals surface area contributed by atoms with Gasteiger partial charge in [-0.15, -0.1) is 0 Å². The summed E-state index contributed by atoms with van der Waals surface area (Å²) in [6.07, 6.45) is 1.82. The van der Waals surface area contributed by atoms with Crippen LogP contribution in [0.5, 0.6) is 11.5 Å². The lowest BCUT2D eigenvalue weighted by Crippen LogP contribution is -1.95. The number of hydrazone groups is 1. The van der Waals surface area contributed by atoms with Gasteiger partial charge in [-0.2, -0.15) is 5.10 Å². The number of anilines is 1. The lowest BCUT2D eigenvalue weighted by Gasteiger charge is -2.08. The molecule has 5 heteroatoms. The quantitative estimate of drug-likeness (QED) is 0.421. The summed E-state index contributed by atoms with van der Waals surface area (Å²) in [6.45, 7) is 2.20. The predicted octanol–water partition coefficient (Wildman–Crippen LogP) is 4.87. The minimum absolute atomic E-state index is 0.244. The number of pyridine rings is 1. The van der Waals surface area contributed by atoms with Crippen LogP contribution >= 0.6 is 0 Å². The van der Waals surface area contributed by atoms with Crippen molar-refractivity contribution in [2.24, 2.45) is 5.10 Å². The molecule has 1 aromatic heterocycles. The Morgan fingerprint density at radius 2 is 1.78 bits per heavy atom. The Labute approximate surface area is 156 Å². The first-order valence-electron chi connectivity index (χ1n) is 8.75. The molecular weight excluding hydrogens is 338 g/mol. The van der Waals surface area contributed by atoms with Crippen LogP contribution in [-0.2, 0) is 0 Å². The summed E-state index contributed by atoms with van der Waals surface area (Å²) >= 11 is 0. The van der Waals surface area contributed by atoms with Crippen molar-refractivity contribution >= 4 is 33.6 Å². The number of benzene rings is 3. The number of hydrogen-bond acceptors (Lipinski definition) is 5. The van der Waals surface area contributed by atoms with E-state index in [-0.39, 0.29) is 6.79 Å². The van der Waals surface area contributed by atoms with Crippen molar-refractivity contribution in [2.75, 3.05) is 12.2 Å². The second kappa shape index (κ2) is 6.29. The SMILES string of the molecule is Cc1cc(N/N=C/c2ccc3ccccc3c2)c2cc3c(cc2n1)OCO3. The fraction of sp³-hybridized carbons (Fsp3) is 0.0909. The molecule has 2 heterocycles. The Morgan fingerprint density at radius 3 is 2.67 bits per heavy atom. The molecule has 132 valence electrons. The summed E-state index contributed by atoms with van der Waals surface area (Å²) in [4.78, 5) is 4.59. The maximum Gasteiger partial charge on any atom is 0.231 e. The molecule has 0 aliphatic carbocycles. The van der Waals surface area contributed by atoms with Crippen LogP contribution in [0.4, 0.5) is 5.69 Å². The Balaban J connectivity index is 1.47.